The van der Waals surface area contributed by atoms with Gasteiger partial charge in [-0.3, -0.25) is 9.59 Å². The maximum absolute atomic E-state index is 12.2. The van der Waals surface area contributed by atoms with Crippen LogP contribution in [0.1, 0.15) is 26.3 Å². The van der Waals surface area contributed by atoms with Crippen LogP contribution in [0.5, 0.6) is 5.75 Å². The molecule has 7 heteroatoms. The van der Waals surface area contributed by atoms with Crippen LogP contribution in [-0.2, 0) is 0 Å². The summed E-state index contributed by atoms with van der Waals surface area (Å²) in [5.74, 6) is -1.00. The number of carbonyl (C=O) groups is 2. The molecule has 22 heavy (non-hydrogen) atoms. The maximum Gasteiger partial charge on any atom is 0.282 e. The Hall–Kier alpha value is -1.99. The van der Waals surface area contributed by atoms with Gasteiger partial charge in [0.2, 0.25) is 0 Å². The summed E-state index contributed by atoms with van der Waals surface area (Å²) in [7, 11) is 0. The van der Waals surface area contributed by atoms with Gasteiger partial charge in [0.05, 0.1) is 27.4 Å². The summed E-state index contributed by atoms with van der Waals surface area (Å²) in [6, 6.07) is 9.92. The van der Waals surface area contributed by atoms with Crippen molar-refractivity contribution in [1.82, 2.24) is 5.01 Å². The minimum Gasteiger partial charge on any atom is -0.506 e. The lowest BCUT2D eigenvalue weighted by Crippen LogP contribution is -2.24. The molecule has 0 radical (unpaired) electrons. The SMILES string of the molecule is O=C1c2ccccc2C(=O)N1/N=C\c1c(Br)ccc(Br)c1O. The van der Waals surface area contributed by atoms with E-state index in [2.05, 4.69) is 37.0 Å². The largest absolute Gasteiger partial charge is 0.506 e. The van der Waals surface area contributed by atoms with E-state index in [0.717, 1.165) is 5.01 Å². The van der Waals surface area contributed by atoms with Crippen molar-refractivity contribution in [1.29, 1.82) is 0 Å². The van der Waals surface area contributed by atoms with E-state index in [9.17, 15) is 14.7 Å². The zero-order valence-electron chi connectivity index (χ0n) is 11.0. The summed E-state index contributed by atoms with van der Waals surface area (Å²) in [4.78, 5) is 24.3. The Balaban J connectivity index is 1.97. The third-order valence-electron chi connectivity index (χ3n) is 3.19. The fourth-order valence-electron chi connectivity index (χ4n) is 2.08. The molecule has 0 saturated carbocycles. The number of hydrogen-bond acceptors (Lipinski definition) is 4. The standard InChI is InChI=1S/C15H8Br2N2O3/c16-11-5-6-12(17)13(20)10(11)7-18-19-14(21)8-3-1-2-4-9(8)15(19)22/h1-7,20H/b18-7-. The third-order valence-corrected chi connectivity index (χ3v) is 4.52. The van der Waals surface area contributed by atoms with Crippen LogP contribution < -0.4 is 0 Å². The number of hydrazone groups is 1. The Kier molecular flexibility index (Phi) is 3.84. The highest BCUT2D eigenvalue weighted by atomic mass is 79.9. The second-order valence-electron chi connectivity index (χ2n) is 4.50. The molecule has 2 aromatic carbocycles. The normalized spacial score (nSPS) is 14.0. The first-order valence-electron chi connectivity index (χ1n) is 6.19. The lowest BCUT2D eigenvalue weighted by Gasteiger charge is -2.07. The third kappa shape index (κ3) is 2.36. The van der Waals surface area contributed by atoms with E-state index in [1.807, 2.05) is 0 Å². The smallest absolute Gasteiger partial charge is 0.282 e. The fraction of sp³-hybridized carbons (Fsp3) is 0. The molecule has 1 heterocycles. The van der Waals surface area contributed by atoms with E-state index < -0.39 is 11.8 Å². The second kappa shape index (κ2) is 5.66. The molecule has 0 aliphatic carbocycles. The van der Waals surface area contributed by atoms with Crippen LogP contribution in [0.25, 0.3) is 0 Å². The van der Waals surface area contributed by atoms with Gasteiger partial charge in [0.25, 0.3) is 11.8 Å². The average molecular weight is 424 g/mol. The van der Waals surface area contributed by atoms with Crippen molar-refractivity contribution in [2.75, 3.05) is 0 Å². The van der Waals surface area contributed by atoms with Gasteiger partial charge in [0, 0.05) is 4.47 Å². The number of nitrogens with zero attached hydrogens (tertiary/aromatic N) is 2. The molecule has 1 aliphatic heterocycles. The number of aromatic hydroxyl groups is 1. The first-order valence-corrected chi connectivity index (χ1v) is 7.78. The van der Waals surface area contributed by atoms with Crippen molar-refractivity contribution in [3.05, 3.63) is 62.0 Å². The molecule has 1 aliphatic rings. The summed E-state index contributed by atoms with van der Waals surface area (Å²) in [6.07, 6.45) is 1.27. The Morgan fingerprint density at radius 1 is 0.955 bits per heavy atom. The molecule has 0 aromatic heterocycles. The van der Waals surface area contributed by atoms with E-state index in [1.54, 1.807) is 36.4 Å². The molecule has 0 saturated heterocycles. The molecule has 2 aromatic rings. The Bertz CT molecular complexity index is 799. The first kappa shape index (κ1) is 14.9. The topological polar surface area (TPSA) is 70.0 Å². The van der Waals surface area contributed by atoms with E-state index in [0.29, 0.717) is 25.6 Å². The number of rotatable bonds is 2. The van der Waals surface area contributed by atoms with Crippen molar-refractivity contribution in [3.8, 4) is 5.75 Å². The molecule has 3 rings (SSSR count). The van der Waals surface area contributed by atoms with Gasteiger partial charge < -0.3 is 5.11 Å². The number of imide groups is 1. The average Bonchev–Trinajstić information content (AvgIpc) is 2.76. The van der Waals surface area contributed by atoms with E-state index >= 15 is 0 Å². The molecule has 2 amide bonds. The van der Waals surface area contributed by atoms with Gasteiger partial charge in [0.1, 0.15) is 5.75 Å². The molecule has 1 N–H and O–H groups in total. The Morgan fingerprint density at radius 3 is 2.09 bits per heavy atom. The molecule has 0 bridgehead atoms. The monoisotopic (exact) mass is 422 g/mol. The highest BCUT2D eigenvalue weighted by Crippen LogP contribution is 2.32. The summed E-state index contributed by atoms with van der Waals surface area (Å²) in [5.41, 5.74) is 1.01. The second-order valence-corrected chi connectivity index (χ2v) is 6.21. The summed E-state index contributed by atoms with van der Waals surface area (Å²) in [6.45, 7) is 0. The Labute approximate surface area is 142 Å². The number of benzene rings is 2. The van der Waals surface area contributed by atoms with Crippen LogP contribution in [0.2, 0.25) is 0 Å². The number of phenols is 1. The summed E-state index contributed by atoms with van der Waals surface area (Å²) in [5, 5.41) is 14.7. The van der Waals surface area contributed by atoms with Crippen molar-refractivity contribution >= 4 is 49.9 Å². The molecule has 0 fully saturated rings. The highest BCUT2D eigenvalue weighted by molar-refractivity contribution is 9.11. The van der Waals surface area contributed by atoms with Gasteiger partial charge in [0.15, 0.2) is 0 Å². The lowest BCUT2D eigenvalue weighted by molar-refractivity contribution is 0.0660. The molecule has 110 valence electrons. The van der Waals surface area contributed by atoms with Crippen LogP contribution >= 0.6 is 31.9 Å². The summed E-state index contributed by atoms with van der Waals surface area (Å²) >= 11 is 6.49. The van der Waals surface area contributed by atoms with Crippen LogP contribution in [0, 0.1) is 0 Å². The fourth-order valence-corrected chi connectivity index (χ4v) is 2.84. The van der Waals surface area contributed by atoms with Gasteiger partial charge in [-0.1, -0.05) is 12.1 Å². The first-order chi connectivity index (χ1) is 10.5. The minimum atomic E-state index is -0.484. The van der Waals surface area contributed by atoms with Crippen molar-refractivity contribution in [2.24, 2.45) is 5.10 Å². The van der Waals surface area contributed by atoms with Crippen molar-refractivity contribution < 1.29 is 14.7 Å². The minimum absolute atomic E-state index is 0.0327. The van der Waals surface area contributed by atoms with Gasteiger partial charge in [-0.15, -0.1) is 0 Å². The van der Waals surface area contributed by atoms with Crippen molar-refractivity contribution in [3.63, 3.8) is 0 Å². The molecule has 5 nitrogen and oxygen atoms in total. The molecule has 0 atom stereocenters. The molecular weight excluding hydrogens is 416 g/mol. The quantitative estimate of drug-likeness (QED) is 0.593. The molecule has 0 unspecified atom stereocenters. The zero-order chi connectivity index (χ0) is 15.9. The molecular formula is C15H8Br2N2O3. The van der Waals surface area contributed by atoms with Crippen LogP contribution in [0.4, 0.5) is 0 Å². The molecule has 0 spiro atoms. The number of amides is 2. The van der Waals surface area contributed by atoms with Gasteiger partial charge in [-0.25, -0.2) is 0 Å². The lowest BCUT2D eigenvalue weighted by atomic mass is 10.1. The van der Waals surface area contributed by atoms with E-state index in [1.165, 1.54) is 6.21 Å². The Morgan fingerprint density at radius 2 is 1.50 bits per heavy atom. The van der Waals surface area contributed by atoms with Gasteiger partial charge in [-0.05, 0) is 56.1 Å². The predicted molar refractivity (Wildman–Crippen MR) is 88.0 cm³/mol. The number of halogens is 2. The van der Waals surface area contributed by atoms with Gasteiger partial charge >= 0.3 is 0 Å². The number of carbonyl (C=O) groups excluding carboxylic acids is 2. The van der Waals surface area contributed by atoms with Crippen LogP contribution in [0.15, 0.2) is 50.4 Å². The number of hydrogen-bond donors (Lipinski definition) is 1. The van der Waals surface area contributed by atoms with Crippen molar-refractivity contribution in [2.45, 2.75) is 0 Å². The zero-order valence-corrected chi connectivity index (χ0v) is 14.1. The predicted octanol–water partition coefficient (Wildman–Crippen LogP) is 3.55. The van der Waals surface area contributed by atoms with Crippen LogP contribution in [-0.4, -0.2) is 28.1 Å². The summed E-state index contributed by atoms with van der Waals surface area (Å²) < 4.78 is 1.08. The van der Waals surface area contributed by atoms with Gasteiger partial charge in [-0.2, -0.15) is 10.1 Å². The number of fused-ring (bicyclic) bond motifs is 1. The van der Waals surface area contributed by atoms with E-state index in [4.69, 9.17) is 0 Å². The number of phenolic OH excluding ortho intramolecular Hbond substituents is 1. The van der Waals surface area contributed by atoms with Crippen LogP contribution in [0.3, 0.4) is 0 Å². The highest BCUT2D eigenvalue weighted by Gasteiger charge is 2.35. The van der Waals surface area contributed by atoms with E-state index in [-0.39, 0.29) is 5.75 Å². The maximum atomic E-state index is 12.2.